The van der Waals surface area contributed by atoms with Crippen molar-refractivity contribution in [1.29, 1.82) is 0 Å². The number of imide groups is 1. The van der Waals surface area contributed by atoms with Gasteiger partial charge in [0.15, 0.2) is 0 Å². The fourth-order valence-electron chi connectivity index (χ4n) is 3.28. The van der Waals surface area contributed by atoms with Crippen molar-refractivity contribution >= 4 is 22.6 Å². The molecule has 120 valence electrons. The minimum atomic E-state index is -0.206. The molecule has 1 aromatic heterocycles. The molecule has 0 bridgehead atoms. The molecular formula is C19H17N3O2. The van der Waals surface area contributed by atoms with E-state index < -0.39 is 0 Å². The summed E-state index contributed by atoms with van der Waals surface area (Å²) >= 11 is 0. The Bertz CT molecular complexity index is 880. The van der Waals surface area contributed by atoms with Crippen LogP contribution in [0.2, 0.25) is 0 Å². The normalized spacial score (nSPS) is 15.1. The number of carbonyl (C=O) groups is 2. The van der Waals surface area contributed by atoms with Crippen molar-refractivity contribution in [3.8, 4) is 0 Å². The van der Waals surface area contributed by atoms with Crippen LogP contribution in [0.4, 0.5) is 0 Å². The summed E-state index contributed by atoms with van der Waals surface area (Å²) in [4.78, 5) is 31.0. The quantitative estimate of drug-likeness (QED) is 0.693. The predicted molar refractivity (Wildman–Crippen MR) is 90.9 cm³/mol. The molecule has 0 saturated heterocycles. The zero-order valence-electron chi connectivity index (χ0n) is 13.3. The molecule has 1 aliphatic rings. The molecule has 0 radical (unpaired) electrons. The second kappa shape index (κ2) is 5.60. The van der Waals surface area contributed by atoms with Crippen LogP contribution in [0.15, 0.2) is 55.1 Å². The molecule has 1 unspecified atom stereocenters. The molecule has 5 heteroatoms. The lowest BCUT2D eigenvalue weighted by Crippen LogP contribution is -2.41. The lowest BCUT2D eigenvalue weighted by Gasteiger charge is -2.28. The Balaban J connectivity index is 1.64. The third-order valence-corrected chi connectivity index (χ3v) is 4.66. The first-order valence-corrected chi connectivity index (χ1v) is 8.02. The number of carbonyl (C=O) groups excluding carboxylic acids is 2. The van der Waals surface area contributed by atoms with Crippen LogP contribution in [0.3, 0.4) is 0 Å². The molecule has 4 rings (SSSR count). The molecule has 2 heterocycles. The molecule has 1 aliphatic heterocycles. The van der Waals surface area contributed by atoms with Gasteiger partial charge in [0, 0.05) is 41.5 Å². The van der Waals surface area contributed by atoms with E-state index in [1.54, 1.807) is 24.7 Å². The van der Waals surface area contributed by atoms with E-state index in [4.69, 9.17) is 0 Å². The molecule has 0 spiro atoms. The van der Waals surface area contributed by atoms with Gasteiger partial charge in [0.2, 0.25) is 0 Å². The molecular weight excluding hydrogens is 302 g/mol. The van der Waals surface area contributed by atoms with E-state index in [2.05, 4.69) is 11.9 Å². The van der Waals surface area contributed by atoms with Crippen LogP contribution in [-0.2, 0) is 0 Å². The number of hydrogen-bond donors (Lipinski definition) is 0. The van der Waals surface area contributed by atoms with Crippen molar-refractivity contribution in [2.24, 2.45) is 0 Å². The minimum Gasteiger partial charge on any atom is -0.335 e. The highest BCUT2D eigenvalue weighted by Gasteiger charge is 2.32. The van der Waals surface area contributed by atoms with Crippen molar-refractivity contribution in [2.45, 2.75) is 19.4 Å². The largest absolute Gasteiger partial charge is 0.335 e. The second-order valence-corrected chi connectivity index (χ2v) is 6.12. The first-order valence-electron chi connectivity index (χ1n) is 8.02. The molecule has 0 N–H and O–H groups in total. The fraction of sp³-hybridized carbons (Fsp3) is 0.211. The summed E-state index contributed by atoms with van der Waals surface area (Å²) in [5.74, 6) is -0.413. The Morgan fingerprint density at radius 1 is 1.04 bits per heavy atom. The lowest BCUT2D eigenvalue weighted by molar-refractivity contribution is 0.0603. The molecule has 3 aromatic rings. The van der Waals surface area contributed by atoms with Gasteiger partial charge in [-0.15, -0.1) is 0 Å². The van der Waals surface area contributed by atoms with Gasteiger partial charge in [0.25, 0.3) is 11.8 Å². The molecule has 2 aromatic carbocycles. The molecule has 5 nitrogen and oxygen atoms in total. The van der Waals surface area contributed by atoms with Crippen LogP contribution in [-0.4, -0.2) is 32.8 Å². The molecule has 1 atom stereocenters. The molecule has 0 saturated carbocycles. The topological polar surface area (TPSA) is 55.2 Å². The van der Waals surface area contributed by atoms with Gasteiger partial charge in [-0.3, -0.25) is 14.5 Å². The summed E-state index contributed by atoms with van der Waals surface area (Å²) in [7, 11) is 0. The van der Waals surface area contributed by atoms with Crippen molar-refractivity contribution in [1.82, 2.24) is 14.5 Å². The highest BCUT2D eigenvalue weighted by atomic mass is 16.2. The SMILES string of the molecule is CC(CCN1C(=O)c2cccc3cccc(c23)C1=O)n1ccnc1. The maximum absolute atomic E-state index is 12.8. The summed E-state index contributed by atoms with van der Waals surface area (Å²) < 4.78 is 1.98. The summed E-state index contributed by atoms with van der Waals surface area (Å²) in [5.41, 5.74) is 1.22. The molecule has 2 amide bonds. The van der Waals surface area contributed by atoms with E-state index in [1.807, 2.05) is 35.0 Å². The average Bonchev–Trinajstić information content (AvgIpc) is 3.14. The number of benzene rings is 2. The van der Waals surface area contributed by atoms with E-state index in [0.717, 1.165) is 10.8 Å². The van der Waals surface area contributed by atoms with Crippen LogP contribution in [0.1, 0.15) is 40.1 Å². The van der Waals surface area contributed by atoms with Crippen LogP contribution >= 0.6 is 0 Å². The van der Waals surface area contributed by atoms with Gasteiger partial charge < -0.3 is 4.57 Å². The third kappa shape index (κ3) is 2.21. The van der Waals surface area contributed by atoms with Crippen LogP contribution in [0.25, 0.3) is 10.8 Å². The average molecular weight is 319 g/mol. The number of nitrogens with zero attached hydrogens (tertiary/aromatic N) is 3. The monoisotopic (exact) mass is 319 g/mol. The standard InChI is InChI=1S/C19H17N3O2/c1-13(21-11-9-20-12-21)8-10-22-18(23)15-6-2-4-14-5-3-7-16(17(14)15)19(22)24/h2-7,9,11-13H,8,10H2,1H3. The summed E-state index contributed by atoms with van der Waals surface area (Å²) in [6, 6.07) is 11.4. The van der Waals surface area contributed by atoms with Gasteiger partial charge in [-0.1, -0.05) is 24.3 Å². The van der Waals surface area contributed by atoms with Gasteiger partial charge in [0.1, 0.15) is 0 Å². The van der Waals surface area contributed by atoms with Crippen molar-refractivity contribution < 1.29 is 9.59 Å². The molecule has 0 fully saturated rings. The van der Waals surface area contributed by atoms with Gasteiger partial charge >= 0.3 is 0 Å². The predicted octanol–water partition coefficient (Wildman–Crippen LogP) is 3.28. The summed E-state index contributed by atoms with van der Waals surface area (Å²) in [5, 5.41) is 1.70. The van der Waals surface area contributed by atoms with E-state index in [-0.39, 0.29) is 17.9 Å². The molecule has 24 heavy (non-hydrogen) atoms. The minimum absolute atomic E-state index is 0.168. The first kappa shape index (κ1) is 14.6. The zero-order chi connectivity index (χ0) is 16.7. The number of aromatic nitrogens is 2. The van der Waals surface area contributed by atoms with Gasteiger partial charge in [-0.25, -0.2) is 4.98 Å². The Morgan fingerprint density at radius 2 is 1.71 bits per heavy atom. The smallest absolute Gasteiger partial charge is 0.261 e. The van der Waals surface area contributed by atoms with Gasteiger partial charge in [-0.2, -0.15) is 0 Å². The van der Waals surface area contributed by atoms with Crippen LogP contribution in [0.5, 0.6) is 0 Å². The maximum atomic E-state index is 12.8. The van der Waals surface area contributed by atoms with Gasteiger partial charge in [-0.05, 0) is 30.9 Å². The summed E-state index contributed by atoms with van der Waals surface area (Å²) in [6.07, 6.45) is 6.05. The van der Waals surface area contributed by atoms with Crippen molar-refractivity contribution in [3.05, 3.63) is 66.2 Å². The number of rotatable bonds is 4. The first-order chi connectivity index (χ1) is 11.7. The van der Waals surface area contributed by atoms with Crippen molar-refractivity contribution in [3.63, 3.8) is 0 Å². The van der Waals surface area contributed by atoms with Gasteiger partial charge in [0.05, 0.1) is 6.33 Å². The Labute approximate surface area is 139 Å². The van der Waals surface area contributed by atoms with Crippen LogP contribution < -0.4 is 0 Å². The highest BCUT2D eigenvalue weighted by molar-refractivity contribution is 6.25. The summed E-state index contributed by atoms with van der Waals surface area (Å²) in [6.45, 7) is 2.44. The Hall–Kier alpha value is -2.95. The maximum Gasteiger partial charge on any atom is 0.261 e. The Morgan fingerprint density at radius 3 is 2.29 bits per heavy atom. The number of amides is 2. The fourth-order valence-corrected chi connectivity index (χ4v) is 3.28. The molecule has 0 aliphatic carbocycles. The zero-order valence-corrected chi connectivity index (χ0v) is 13.3. The number of imidazole rings is 1. The van der Waals surface area contributed by atoms with E-state index >= 15 is 0 Å². The lowest BCUT2D eigenvalue weighted by atomic mass is 9.94. The van der Waals surface area contributed by atoms with E-state index in [0.29, 0.717) is 24.1 Å². The second-order valence-electron chi connectivity index (χ2n) is 6.12. The van der Waals surface area contributed by atoms with E-state index in [9.17, 15) is 9.59 Å². The third-order valence-electron chi connectivity index (χ3n) is 4.66. The highest BCUT2D eigenvalue weighted by Crippen LogP contribution is 2.30. The Kier molecular flexibility index (Phi) is 3.41. The number of hydrogen-bond acceptors (Lipinski definition) is 3. The van der Waals surface area contributed by atoms with Crippen LogP contribution in [0, 0.1) is 0 Å². The van der Waals surface area contributed by atoms with E-state index in [1.165, 1.54) is 4.90 Å². The van der Waals surface area contributed by atoms with Crippen molar-refractivity contribution in [2.75, 3.05) is 6.54 Å².